The summed E-state index contributed by atoms with van der Waals surface area (Å²) in [6.07, 6.45) is 0. The number of fused-ring (bicyclic) bond motifs is 1. The minimum absolute atomic E-state index is 0.0166. The molecule has 1 aliphatic rings. The summed E-state index contributed by atoms with van der Waals surface area (Å²) in [5.74, 6) is 0.905. The average molecular weight is 463 g/mol. The normalized spacial score (nSPS) is 14.8. The predicted molar refractivity (Wildman–Crippen MR) is 124 cm³/mol. The van der Waals surface area contributed by atoms with Crippen molar-refractivity contribution in [2.24, 2.45) is 5.92 Å². The lowest BCUT2D eigenvalue weighted by Crippen LogP contribution is -2.36. The topological polar surface area (TPSA) is 94.2 Å². The number of carbonyl (C=O) groups excluding carboxylic acids is 1. The maximum atomic E-state index is 13.2. The Morgan fingerprint density at radius 3 is 2.12 bits per heavy atom. The standard InChI is InChI=1S/C23H30N2O6S/c1-14(2)22(26)25-13-23(3,4)17-12-16(8-9-18(17)25)32(27,28)24-15-10-19(29-5)21(31-7)20(11-15)30-6/h8-12,14,24H,13H2,1-7H3. The maximum absolute atomic E-state index is 13.2. The quantitative estimate of drug-likeness (QED) is 0.673. The first-order valence-corrected chi connectivity index (χ1v) is 11.7. The largest absolute Gasteiger partial charge is 0.493 e. The van der Waals surface area contributed by atoms with Gasteiger partial charge in [0.2, 0.25) is 11.7 Å². The molecule has 2 aromatic rings. The van der Waals surface area contributed by atoms with Crippen molar-refractivity contribution in [2.75, 3.05) is 37.5 Å². The molecule has 32 heavy (non-hydrogen) atoms. The zero-order chi connectivity index (χ0) is 23.8. The third-order valence-corrected chi connectivity index (χ3v) is 6.91. The summed E-state index contributed by atoms with van der Waals surface area (Å²) in [5, 5.41) is 0. The molecule has 0 unspecified atom stereocenters. The molecule has 0 spiro atoms. The lowest BCUT2D eigenvalue weighted by Gasteiger charge is -2.22. The molecule has 0 aromatic heterocycles. The summed E-state index contributed by atoms with van der Waals surface area (Å²) in [5.41, 5.74) is 1.47. The van der Waals surface area contributed by atoms with E-state index in [4.69, 9.17) is 14.2 Å². The minimum Gasteiger partial charge on any atom is -0.493 e. The summed E-state index contributed by atoms with van der Waals surface area (Å²) in [6, 6.07) is 7.91. The second kappa shape index (κ2) is 8.54. The molecule has 0 atom stereocenters. The maximum Gasteiger partial charge on any atom is 0.261 e. The van der Waals surface area contributed by atoms with Gasteiger partial charge in [0.1, 0.15) is 0 Å². The smallest absolute Gasteiger partial charge is 0.261 e. The molecule has 3 rings (SSSR count). The van der Waals surface area contributed by atoms with Gasteiger partial charge in [0.15, 0.2) is 11.5 Å². The molecule has 0 aliphatic carbocycles. The van der Waals surface area contributed by atoms with E-state index in [9.17, 15) is 13.2 Å². The zero-order valence-corrected chi connectivity index (χ0v) is 20.3. The molecule has 0 radical (unpaired) electrons. The van der Waals surface area contributed by atoms with E-state index in [1.807, 2.05) is 27.7 Å². The van der Waals surface area contributed by atoms with Crippen molar-refractivity contribution in [2.45, 2.75) is 38.0 Å². The molecular formula is C23H30N2O6S. The molecule has 0 saturated heterocycles. The fourth-order valence-electron chi connectivity index (χ4n) is 3.89. The highest BCUT2D eigenvalue weighted by Crippen LogP contribution is 2.43. The second-order valence-electron chi connectivity index (χ2n) is 8.66. The van der Waals surface area contributed by atoms with E-state index in [1.54, 1.807) is 17.0 Å². The molecule has 1 heterocycles. The first-order valence-electron chi connectivity index (χ1n) is 10.2. The van der Waals surface area contributed by atoms with Crippen LogP contribution < -0.4 is 23.8 Å². The van der Waals surface area contributed by atoms with Crippen LogP contribution in [0.1, 0.15) is 33.3 Å². The summed E-state index contributed by atoms with van der Waals surface area (Å²) >= 11 is 0. The third kappa shape index (κ3) is 4.21. The lowest BCUT2D eigenvalue weighted by atomic mass is 9.87. The Bertz CT molecular complexity index is 1120. The number of sulfonamides is 1. The molecule has 9 heteroatoms. The van der Waals surface area contributed by atoms with E-state index < -0.39 is 10.0 Å². The molecular weight excluding hydrogens is 432 g/mol. The van der Waals surface area contributed by atoms with Crippen LogP contribution in [0.2, 0.25) is 0 Å². The van der Waals surface area contributed by atoms with E-state index >= 15 is 0 Å². The van der Waals surface area contributed by atoms with Crippen molar-refractivity contribution in [1.82, 2.24) is 0 Å². The second-order valence-corrected chi connectivity index (χ2v) is 10.3. The van der Waals surface area contributed by atoms with Gasteiger partial charge in [0.05, 0.1) is 31.9 Å². The Morgan fingerprint density at radius 2 is 1.62 bits per heavy atom. The number of amides is 1. The van der Waals surface area contributed by atoms with Crippen molar-refractivity contribution < 1.29 is 27.4 Å². The van der Waals surface area contributed by atoms with Crippen LogP contribution in [-0.4, -0.2) is 42.2 Å². The monoisotopic (exact) mass is 462 g/mol. The van der Waals surface area contributed by atoms with Gasteiger partial charge in [-0.1, -0.05) is 27.7 Å². The minimum atomic E-state index is -3.91. The Balaban J connectivity index is 2.00. The number of carbonyl (C=O) groups is 1. The first-order chi connectivity index (χ1) is 14.9. The molecule has 0 bridgehead atoms. The Kier molecular flexibility index (Phi) is 6.33. The molecule has 0 fully saturated rings. The number of ether oxygens (including phenoxy) is 3. The molecule has 1 aliphatic heterocycles. The van der Waals surface area contributed by atoms with Crippen molar-refractivity contribution >= 4 is 27.3 Å². The molecule has 174 valence electrons. The highest BCUT2D eigenvalue weighted by Gasteiger charge is 2.39. The van der Waals surface area contributed by atoms with E-state index in [1.165, 1.54) is 39.5 Å². The van der Waals surface area contributed by atoms with Gasteiger partial charge < -0.3 is 19.1 Å². The number of hydrogen-bond acceptors (Lipinski definition) is 6. The highest BCUT2D eigenvalue weighted by atomic mass is 32.2. The van der Waals surface area contributed by atoms with Gasteiger partial charge in [-0.15, -0.1) is 0 Å². The van der Waals surface area contributed by atoms with Gasteiger partial charge in [0.25, 0.3) is 10.0 Å². The van der Waals surface area contributed by atoms with Gasteiger partial charge in [-0.3, -0.25) is 9.52 Å². The third-order valence-electron chi connectivity index (χ3n) is 5.53. The molecule has 1 N–H and O–H groups in total. The van der Waals surface area contributed by atoms with Crippen molar-refractivity contribution in [3.63, 3.8) is 0 Å². The van der Waals surface area contributed by atoms with E-state index in [0.29, 0.717) is 23.8 Å². The zero-order valence-electron chi connectivity index (χ0n) is 19.5. The van der Waals surface area contributed by atoms with Crippen LogP contribution in [0.25, 0.3) is 0 Å². The predicted octanol–water partition coefficient (Wildman–Crippen LogP) is 3.79. The van der Waals surface area contributed by atoms with Crippen LogP contribution in [0.4, 0.5) is 11.4 Å². The Morgan fingerprint density at radius 1 is 1.03 bits per heavy atom. The first kappa shape index (κ1) is 23.7. The van der Waals surface area contributed by atoms with Gasteiger partial charge in [-0.05, 0) is 23.8 Å². The van der Waals surface area contributed by atoms with Crippen LogP contribution >= 0.6 is 0 Å². The van der Waals surface area contributed by atoms with E-state index in [2.05, 4.69) is 4.72 Å². The summed E-state index contributed by atoms with van der Waals surface area (Å²) in [4.78, 5) is 14.5. The number of benzene rings is 2. The molecule has 0 saturated carbocycles. The number of rotatable bonds is 7. The summed E-state index contributed by atoms with van der Waals surface area (Å²) in [7, 11) is 0.483. The van der Waals surface area contributed by atoms with Crippen molar-refractivity contribution in [3.8, 4) is 17.2 Å². The Hall–Kier alpha value is -2.94. The van der Waals surface area contributed by atoms with Crippen molar-refractivity contribution in [1.29, 1.82) is 0 Å². The fourth-order valence-corrected chi connectivity index (χ4v) is 4.95. The van der Waals surface area contributed by atoms with Crippen LogP contribution in [0.15, 0.2) is 35.2 Å². The van der Waals surface area contributed by atoms with Gasteiger partial charge >= 0.3 is 0 Å². The molecule has 1 amide bonds. The average Bonchev–Trinajstić information content (AvgIpc) is 3.02. The number of anilines is 2. The van der Waals surface area contributed by atoms with Gasteiger partial charge in [0, 0.05) is 35.7 Å². The van der Waals surface area contributed by atoms with Crippen LogP contribution in [0.3, 0.4) is 0 Å². The highest BCUT2D eigenvalue weighted by molar-refractivity contribution is 7.92. The van der Waals surface area contributed by atoms with Gasteiger partial charge in [-0.2, -0.15) is 0 Å². The summed E-state index contributed by atoms with van der Waals surface area (Å²) in [6.45, 7) is 8.22. The van der Waals surface area contributed by atoms with Crippen LogP contribution in [0.5, 0.6) is 17.2 Å². The fraction of sp³-hybridized carbons (Fsp3) is 0.435. The SMILES string of the molecule is COc1cc(NS(=O)(=O)c2ccc3c(c2)C(C)(C)CN3C(=O)C(C)C)cc(OC)c1OC. The lowest BCUT2D eigenvalue weighted by molar-refractivity contribution is -0.121. The summed E-state index contributed by atoms with van der Waals surface area (Å²) < 4.78 is 44.8. The van der Waals surface area contributed by atoms with Gasteiger partial charge in [-0.25, -0.2) is 8.42 Å². The number of nitrogens with zero attached hydrogens (tertiary/aromatic N) is 1. The number of hydrogen-bond donors (Lipinski definition) is 1. The number of nitrogens with one attached hydrogen (secondary N) is 1. The van der Waals surface area contributed by atoms with Crippen LogP contribution in [-0.2, 0) is 20.2 Å². The van der Waals surface area contributed by atoms with Crippen LogP contribution in [0, 0.1) is 5.92 Å². The Labute approximate surface area is 189 Å². The molecule has 2 aromatic carbocycles. The van der Waals surface area contributed by atoms with Crippen molar-refractivity contribution in [3.05, 3.63) is 35.9 Å². The molecule has 8 nitrogen and oxygen atoms in total. The number of methoxy groups -OCH3 is 3. The van der Waals surface area contributed by atoms with E-state index in [-0.39, 0.29) is 27.8 Å². The van der Waals surface area contributed by atoms with E-state index in [0.717, 1.165) is 11.3 Å².